The summed E-state index contributed by atoms with van der Waals surface area (Å²) in [6.45, 7) is 6.10. The van der Waals surface area contributed by atoms with Crippen molar-refractivity contribution in [3.05, 3.63) is 15.8 Å². The van der Waals surface area contributed by atoms with Crippen LogP contribution in [0.5, 0.6) is 0 Å². The van der Waals surface area contributed by atoms with Crippen molar-refractivity contribution in [3.8, 4) is 0 Å². The molecule has 1 aromatic rings. The maximum absolute atomic E-state index is 11.3. The Balaban J connectivity index is 2.38. The van der Waals surface area contributed by atoms with Crippen LogP contribution in [-0.4, -0.2) is 40.9 Å². The van der Waals surface area contributed by atoms with Crippen molar-refractivity contribution in [2.45, 2.75) is 39.3 Å². The first-order valence-corrected chi connectivity index (χ1v) is 6.72. The molecule has 0 aromatic carbocycles. The van der Waals surface area contributed by atoms with Gasteiger partial charge >= 0.3 is 5.69 Å². The van der Waals surface area contributed by atoms with Crippen LogP contribution in [0.3, 0.4) is 0 Å². The molecule has 106 valence electrons. The third-order valence-corrected chi connectivity index (χ3v) is 3.58. The monoisotopic (exact) mass is 267 g/mol. The molecule has 1 saturated heterocycles. The molecule has 1 atom stereocenters. The molecule has 2 heterocycles. The maximum Gasteiger partial charge on any atom is 0.333 e. The minimum atomic E-state index is -0.309. The molecule has 7 nitrogen and oxygen atoms in total. The van der Waals surface area contributed by atoms with Gasteiger partial charge in [-0.2, -0.15) is 5.10 Å². The van der Waals surface area contributed by atoms with Crippen molar-refractivity contribution < 1.29 is 4.92 Å². The van der Waals surface area contributed by atoms with E-state index in [4.69, 9.17) is 0 Å². The minimum absolute atomic E-state index is 0.158. The van der Waals surface area contributed by atoms with E-state index in [1.54, 1.807) is 11.6 Å². The molecule has 1 fully saturated rings. The van der Waals surface area contributed by atoms with Crippen molar-refractivity contribution in [1.29, 1.82) is 0 Å². The molecule has 19 heavy (non-hydrogen) atoms. The van der Waals surface area contributed by atoms with Gasteiger partial charge in [0.2, 0.25) is 5.82 Å². The summed E-state index contributed by atoms with van der Waals surface area (Å²) in [4.78, 5) is 13.0. The summed E-state index contributed by atoms with van der Waals surface area (Å²) in [5.41, 5.74) is 0.659. The third kappa shape index (κ3) is 2.56. The second-order valence-electron chi connectivity index (χ2n) is 4.96. The molecule has 1 aromatic heterocycles. The van der Waals surface area contributed by atoms with Gasteiger partial charge in [-0.25, -0.2) is 4.68 Å². The van der Waals surface area contributed by atoms with Gasteiger partial charge in [0.25, 0.3) is 0 Å². The highest BCUT2D eigenvalue weighted by molar-refractivity contribution is 5.62. The van der Waals surface area contributed by atoms with Crippen LogP contribution in [0.1, 0.15) is 25.5 Å². The highest BCUT2D eigenvalue weighted by Crippen LogP contribution is 2.33. The summed E-state index contributed by atoms with van der Waals surface area (Å²) in [5, 5.41) is 18.8. The molecule has 1 aliphatic heterocycles. The van der Waals surface area contributed by atoms with Crippen LogP contribution in [-0.2, 0) is 6.54 Å². The Morgan fingerprint density at radius 3 is 2.84 bits per heavy atom. The zero-order chi connectivity index (χ0) is 14.0. The number of hydrogen-bond acceptors (Lipinski definition) is 5. The molecule has 2 rings (SSSR count). The normalized spacial score (nSPS) is 19.1. The summed E-state index contributed by atoms with van der Waals surface area (Å²) in [6.07, 6.45) is 1.92. The summed E-state index contributed by atoms with van der Waals surface area (Å²) in [7, 11) is 1.93. The number of hydrogen-bond donors (Lipinski definition) is 1. The van der Waals surface area contributed by atoms with Gasteiger partial charge in [0.15, 0.2) is 0 Å². The quantitative estimate of drug-likeness (QED) is 0.643. The summed E-state index contributed by atoms with van der Waals surface area (Å²) in [6, 6.07) is 0.393. The van der Waals surface area contributed by atoms with Crippen molar-refractivity contribution >= 4 is 11.5 Å². The Bertz CT molecular complexity index is 471. The molecule has 0 bridgehead atoms. The van der Waals surface area contributed by atoms with Crippen molar-refractivity contribution in [2.75, 3.05) is 25.0 Å². The van der Waals surface area contributed by atoms with Gasteiger partial charge in [0.1, 0.15) is 5.69 Å². The van der Waals surface area contributed by atoms with Crippen LogP contribution in [0.15, 0.2) is 0 Å². The predicted molar refractivity (Wildman–Crippen MR) is 73.6 cm³/mol. The van der Waals surface area contributed by atoms with E-state index in [0.29, 0.717) is 24.1 Å². The van der Waals surface area contributed by atoms with E-state index in [-0.39, 0.29) is 10.6 Å². The first-order chi connectivity index (χ1) is 9.08. The third-order valence-electron chi connectivity index (χ3n) is 3.58. The minimum Gasteiger partial charge on any atom is -0.349 e. The summed E-state index contributed by atoms with van der Waals surface area (Å²) >= 11 is 0. The summed E-state index contributed by atoms with van der Waals surface area (Å²) in [5.74, 6) is 0.669. The first-order valence-electron chi connectivity index (χ1n) is 6.72. The first kappa shape index (κ1) is 13.8. The van der Waals surface area contributed by atoms with Gasteiger partial charge in [0.05, 0.1) is 4.92 Å². The molecule has 0 amide bonds. The summed E-state index contributed by atoms with van der Waals surface area (Å²) < 4.78 is 1.78. The lowest BCUT2D eigenvalue weighted by atomic mass is 10.3. The standard InChI is InChI=1S/C12H21N5O2/c1-4-6-16-12(11(17(18)19)9(2)14-16)15-7-5-10(8-15)13-3/h10,13H,4-8H2,1-3H3. The topological polar surface area (TPSA) is 76.2 Å². The van der Waals surface area contributed by atoms with Gasteiger partial charge in [-0.1, -0.05) is 6.92 Å². The molecule has 1 N–H and O–H groups in total. The Morgan fingerprint density at radius 1 is 1.58 bits per heavy atom. The van der Waals surface area contributed by atoms with E-state index < -0.39 is 0 Å². The van der Waals surface area contributed by atoms with E-state index >= 15 is 0 Å². The molecule has 0 radical (unpaired) electrons. The Kier molecular flexibility index (Phi) is 4.04. The number of aryl methyl sites for hydroxylation is 2. The van der Waals surface area contributed by atoms with E-state index in [2.05, 4.69) is 15.3 Å². The second-order valence-corrected chi connectivity index (χ2v) is 4.96. The molecular formula is C12H21N5O2. The largest absolute Gasteiger partial charge is 0.349 e. The van der Waals surface area contributed by atoms with Crippen LogP contribution in [0, 0.1) is 17.0 Å². The zero-order valence-corrected chi connectivity index (χ0v) is 11.7. The Morgan fingerprint density at radius 2 is 2.32 bits per heavy atom. The van der Waals surface area contributed by atoms with Gasteiger partial charge in [0, 0.05) is 25.7 Å². The number of nitrogens with zero attached hydrogens (tertiary/aromatic N) is 4. The van der Waals surface area contributed by atoms with Gasteiger partial charge < -0.3 is 10.2 Å². The lowest BCUT2D eigenvalue weighted by Gasteiger charge is -2.18. The molecular weight excluding hydrogens is 246 g/mol. The second kappa shape index (κ2) is 5.56. The van der Waals surface area contributed by atoms with E-state index in [1.807, 2.05) is 14.0 Å². The van der Waals surface area contributed by atoms with Crippen LogP contribution in [0.2, 0.25) is 0 Å². The van der Waals surface area contributed by atoms with Gasteiger partial charge in [-0.3, -0.25) is 10.1 Å². The average Bonchev–Trinajstić information content (AvgIpc) is 2.93. The molecule has 0 aliphatic carbocycles. The lowest BCUT2D eigenvalue weighted by molar-refractivity contribution is -0.384. The van der Waals surface area contributed by atoms with Crippen LogP contribution >= 0.6 is 0 Å². The van der Waals surface area contributed by atoms with E-state index in [0.717, 1.165) is 25.9 Å². The average molecular weight is 267 g/mol. The number of likely N-dealkylation sites (N-methyl/N-ethyl adjacent to an activating group) is 1. The van der Waals surface area contributed by atoms with Gasteiger partial charge in [-0.05, 0) is 26.8 Å². The predicted octanol–water partition coefficient (Wildman–Crippen LogP) is 1.31. The highest BCUT2D eigenvalue weighted by atomic mass is 16.6. The molecule has 1 unspecified atom stereocenters. The molecule has 0 saturated carbocycles. The fraction of sp³-hybridized carbons (Fsp3) is 0.750. The van der Waals surface area contributed by atoms with Crippen molar-refractivity contribution in [2.24, 2.45) is 0 Å². The van der Waals surface area contributed by atoms with Gasteiger partial charge in [-0.15, -0.1) is 0 Å². The molecule has 7 heteroatoms. The van der Waals surface area contributed by atoms with E-state index in [1.165, 1.54) is 0 Å². The maximum atomic E-state index is 11.3. The van der Waals surface area contributed by atoms with Crippen LogP contribution in [0.4, 0.5) is 11.5 Å². The van der Waals surface area contributed by atoms with Crippen LogP contribution < -0.4 is 10.2 Å². The Hall–Kier alpha value is -1.63. The number of nitro groups is 1. The SMILES string of the molecule is CCCn1nc(C)c([N+](=O)[O-])c1N1CCC(NC)C1. The van der Waals surface area contributed by atoms with E-state index in [9.17, 15) is 10.1 Å². The number of aromatic nitrogens is 2. The molecule has 1 aliphatic rings. The fourth-order valence-corrected chi connectivity index (χ4v) is 2.64. The van der Waals surface area contributed by atoms with Crippen molar-refractivity contribution in [3.63, 3.8) is 0 Å². The smallest absolute Gasteiger partial charge is 0.333 e. The fourth-order valence-electron chi connectivity index (χ4n) is 2.64. The zero-order valence-electron chi connectivity index (χ0n) is 11.7. The Labute approximate surface area is 112 Å². The highest BCUT2D eigenvalue weighted by Gasteiger charge is 2.33. The molecule has 0 spiro atoms. The number of anilines is 1. The number of rotatable bonds is 5. The lowest BCUT2D eigenvalue weighted by Crippen LogP contribution is -2.30. The van der Waals surface area contributed by atoms with Crippen LogP contribution in [0.25, 0.3) is 0 Å². The van der Waals surface area contributed by atoms with Crippen molar-refractivity contribution in [1.82, 2.24) is 15.1 Å². The number of nitrogens with one attached hydrogen (secondary N) is 1.